The van der Waals surface area contributed by atoms with Crippen molar-refractivity contribution in [3.63, 3.8) is 0 Å². The third-order valence-corrected chi connectivity index (χ3v) is 3.16. The lowest BCUT2D eigenvalue weighted by molar-refractivity contribution is 0.0951. The first-order valence-corrected chi connectivity index (χ1v) is 8.04. The zero-order valence-corrected chi connectivity index (χ0v) is 14.7. The molecule has 0 heterocycles. The molecule has 0 aliphatic rings. The lowest BCUT2D eigenvalue weighted by Gasteiger charge is -2.11. The molecule has 0 radical (unpaired) electrons. The Morgan fingerprint density at radius 2 is 2.08 bits per heavy atom. The molecular formula is C18H27N5O. The topological polar surface area (TPSA) is 68.8 Å². The van der Waals surface area contributed by atoms with Gasteiger partial charge in [-0.3, -0.25) is 4.79 Å². The van der Waals surface area contributed by atoms with E-state index in [1.54, 1.807) is 6.07 Å². The molecule has 0 aliphatic heterocycles. The molecule has 6 nitrogen and oxygen atoms in total. The van der Waals surface area contributed by atoms with Crippen LogP contribution in [-0.2, 0) is 6.54 Å². The van der Waals surface area contributed by atoms with Gasteiger partial charge in [0.1, 0.15) is 0 Å². The minimum absolute atomic E-state index is 0.0694. The highest BCUT2D eigenvalue weighted by atomic mass is 16.1. The molecule has 6 heteroatoms. The zero-order valence-electron chi connectivity index (χ0n) is 14.7. The number of carbonyl (C=O) groups excluding carboxylic acids is 1. The molecular weight excluding hydrogens is 302 g/mol. The second kappa shape index (κ2) is 11.1. The number of nitrogens with one attached hydrogen (secondary N) is 3. The molecule has 0 atom stereocenters. The summed E-state index contributed by atoms with van der Waals surface area (Å²) in [6, 6.07) is 7.48. The van der Waals surface area contributed by atoms with Crippen LogP contribution in [0.1, 0.15) is 22.8 Å². The van der Waals surface area contributed by atoms with Gasteiger partial charge >= 0.3 is 0 Å². The van der Waals surface area contributed by atoms with E-state index in [2.05, 4.69) is 26.9 Å². The van der Waals surface area contributed by atoms with Crippen LogP contribution in [0.4, 0.5) is 0 Å². The van der Waals surface area contributed by atoms with Gasteiger partial charge in [-0.2, -0.15) is 0 Å². The molecule has 0 saturated heterocycles. The molecule has 0 saturated carbocycles. The van der Waals surface area contributed by atoms with Crippen molar-refractivity contribution in [3.8, 4) is 12.3 Å². The predicted octanol–water partition coefficient (Wildman–Crippen LogP) is 0.666. The number of carbonyl (C=O) groups is 1. The van der Waals surface area contributed by atoms with Gasteiger partial charge in [0.2, 0.25) is 0 Å². The number of hydrogen-bond acceptors (Lipinski definition) is 3. The molecule has 1 aromatic carbocycles. The Labute approximate surface area is 144 Å². The first-order chi connectivity index (χ1) is 11.6. The minimum Gasteiger partial charge on any atom is -0.357 e. The van der Waals surface area contributed by atoms with E-state index in [1.165, 1.54) is 0 Å². The maximum absolute atomic E-state index is 12.1. The zero-order chi connectivity index (χ0) is 17.8. The van der Waals surface area contributed by atoms with Crippen molar-refractivity contribution in [2.24, 2.45) is 4.99 Å². The van der Waals surface area contributed by atoms with Crippen LogP contribution in [0.15, 0.2) is 29.3 Å². The van der Waals surface area contributed by atoms with Gasteiger partial charge in [-0.25, -0.2) is 4.99 Å². The van der Waals surface area contributed by atoms with Crippen LogP contribution >= 0.6 is 0 Å². The SMILES string of the molecule is C#CCNC(=NCc1cccc(C(=O)NCCN(C)C)c1)NCC. The molecule has 130 valence electrons. The number of amides is 1. The molecule has 1 aromatic rings. The predicted molar refractivity (Wildman–Crippen MR) is 99.0 cm³/mol. The fourth-order valence-electron chi connectivity index (χ4n) is 1.95. The van der Waals surface area contributed by atoms with Crippen LogP contribution in [0, 0.1) is 12.3 Å². The number of benzene rings is 1. The Morgan fingerprint density at radius 1 is 1.29 bits per heavy atom. The van der Waals surface area contributed by atoms with Crippen LogP contribution in [-0.4, -0.2) is 57.0 Å². The number of nitrogens with zero attached hydrogens (tertiary/aromatic N) is 2. The lowest BCUT2D eigenvalue weighted by Crippen LogP contribution is -2.37. The second-order valence-corrected chi connectivity index (χ2v) is 5.51. The lowest BCUT2D eigenvalue weighted by atomic mass is 10.1. The summed E-state index contributed by atoms with van der Waals surface area (Å²) >= 11 is 0. The maximum Gasteiger partial charge on any atom is 0.251 e. The quantitative estimate of drug-likeness (QED) is 0.372. The highest BCUT2D eigenvalue weighted by Crippen LogP contribution is 2.06. The van der Waals surface area contributed by atoms with Crippen molar-refractivity contribution in [3.05, 3.63) is 35.4 Å². The number of guanidine groups is 1. The Balaban J connectivity index is 2.66. The van der Waals surface area contributed by atoms with Gasteiger partial charge in [-0.15, -0.1) is 6.42 Å². The third-order valence-electron chi connectivity index (χ3n) is 3.16. The molecule has 0 aromatic heterocycles. The molecule has 0 bridgehead atoms. The summed E-state index contributed by atoms with van der Waals surface area (Å²) in [6.07, 6.45) is 5.25. The fraction of sp³-hybridized carbons (Fsp3) is 0.444. The van der Waals surface area contributed by atoms with E-state index < -0.39 is 0 Å². The van der Waals surface area contributed by atoms with E-state index >= 15 is 0 Å². The van der Waals surface area contributed by atoms with E-state index in [0.29, 0.717) is 31.2 Å². The molecule has 1 amide bonds. The molecule has 0 unspecified atom stereocenters. The van der Waals surface area contributed by atoms with Crippen LogP contribution in [0.3, 0.4) is 0 Å². The average molecular weight is 329 g/mol. The van der Waals surface area contributed by atoms with Crippen LogP contribution in [0.25, 0.3) is 0 Å². The summed E-state index contributed by atoms with van der Waals surface area (Å²) in [5, 5.41) is 9.07. The van der Waals surface area contributed by atoms with Crippen molar-refractivity contribution in [2.75, 3.05) is 40.3 Å². The van der Waals surface area contributed by atoms with Crippen molar-refractivity contribution in [2.45, 2.75) is 13.5 Å². The van der Waals surface area contributed by atoms with Gasteiger partial charge in [0.25, 0.3) is 5.91 Å². The fourth-order valence-corrected chi connectivity index (χ4v) is 1.95. The maximum atomic E-state index is 12.1. The van der Waals surface area contributed by atoms with Gasteiger partial charge in [0.05, 0.1) is 13.1 Å². The van der Waals surface area contributed by atoms with Gasteiger partial charge in [0, 0.05) is 25.2 Å². The van der Waals surface area contributed by atoms with Crippen molar-refractivity contribution < 1.29 is 4.79 Å². The molecule has 0 spiro atoms. The van der Waals surface area contributed by atoms with Gasteiger partial charge in [-0.05, 0) is 38.7 Å². The Hall–Kier alpha value is -2.52. The largest absolute Gasteiger partial charge is 0.357 e. The summed E-state index contributed by atoms with van der Waals surface area (Å²) in [5.41, 5.74) is 1.61. The first-order valence-electron chi connectivity index (χ1n) is 8.04. The third kappa shape index (κ3) is 7.65. The molecule has 3 N–H and O–H groups in total. The van der Waals surface area contributed by atoms with E-state index in [-0.39, 0.29) is 5.91 Å². The normalized spacial score (nSPS) is 11.0. The summed E-state index contributed by atoms with van der Waals surface area (Å²) in [6.45, 7) is 5.06. The minimum atomic E-state index is -0.0694. The summed E-state index contributed by atoms with van der Waals surface area (Å²) in [5.74, 6) is 3.11. The Morgan fingerprint density at radius 3 is 2.75 bits per heavy atom. The summed E-state index contributed by atoms with van der Waals surface area (Å²) < 4.78 is 0. The average Bonchev–Trinajstić information content (AvgIpc) is 2.57. The van der Waals surface area contributed by atoms with Crippen LogP contribution < -0.4 is 16.0 Å². The van der Waals surface area contributed by atoms with E-state index in [1.807, 2.05) is 44.1 Å². The number of rotatable bonds is 8. The monoisotopic (exact) mass is 329 g/mol. The standard InChI is InChI=1S/C18H27N5O/c1-5-10-21-18(19-6-2)22-14-15-8-7-9-16(13-15)17(24)20-11-12-23(3)4/h1,7-9,13H,6,10-12,14H2,2-4H3,(H,20,24)(H2,19,21,22). The Bertz CT molecular complexity index is 589. The smallest absolute Gasteiger partial charge is 0.251 e. The molecule has 24 heavy (non-hydrogen) atoms. The van der Waals surface area contributed by atoms with Crippen LogP contribution in [0.2, 0.25) is 0 Å². The van der Waals surface area contributed by atoms with Crippen molar-refractivity contribution in [1.82, 2.24) is 20.9 Å². The number of hydrogen-bond donors (Lipinski definition) is 3. The number of likely N-dealkylation sites (N-methyl/N-ethyl adjacent to an activating group) is 1. The molecule has 0 aliphatic carbocycles. The van der Waals surface area contributed by atoms with E-state index in [0.717, 1.165) is 18.7 Å². The number of aliphatic imine (C=N–C) groups is 1. The van der Waals surface area contributed by atoms with Gasteiger partial charge in [0.15, 0.2) is 5.96 Å². The summed E-state index contributed by atoms with van der Waals surface area (Å²) in [7, 11) is 3.95. The highest BCUT2D eigenvalue weighted by molar-refractivity contribution is 5.94. The first kappa shape index (κ1) is 19.5. The second-order valence-electron chi connectivity index (χ2n) is 5.51. The van der Waals surface area contributed by atoms with Gasteiger partial charge < -0.3 is 20.9 Å². The van der Waals surface area contributed by atoms with Crippen molar-refractivity contribution >= 4 is 11.9 Å². The molecule has 1 rings (SSSR count). The number of terminal acetylenes is 1. The highest BCUT2D eigenvalue weighted by Gasteiger charge is 2.06. The van der Waals surface area contributed by atoms with Gasteiger partial charge in [-0.1, -0.05) is 18.1 Å². The summed E-state index contributed by atoms with van der Waals surface area (Å²) in [4.78, 5) is 18.6. The van der Waals surface area contributed by atoms with Crippen LogP contribution in [0.5, 0.6) is 0 Å². The molecule has 0 fully saturated rings. The van der Waals surface area contributed by atoms with E-state index in [9.17, 15) is 4.79 Å². The van der Waals surface area contributed by atoms with E-state index in [4.69, 9.17) is 6.42 Å². The van der Waals surface area contributed by atoms with Crippen molar-refractivity contribution in [1.29, 1.82) is 0 Å². The Kier molecular flexibility index (Phi) is 9.02.